The van der Waals surface area contributed by atoms with Gasteiger partial charge in [0.1, 0.15) is 5.82 Å². The van der Waals surface area contributed by atoms with Crippen molar-refractivity contribution in [3.05, 3.63) is 53.2 Å². The first-order valence-electron chi connectivity index (χ1n) is 8.51. The Morgan fingerprint density at radius 3 is 2.84 bits per heavy atom. The van der Waals surface area contributed by atoms with E-state index in [0.717, 1.165) is 30.5 Å². The number of hydrogen-bond donors (Lipinski definition) is 2. The number of rotatable bonds is 6. The molecule has 1 saturated heterocycles. The number of nitrogens with zero attached hydrogens (tertiary/aromatic N) is 1. The van der Waals surface area contributed by atoms with Crippen LogP contribution in [0.2, 0.25) is 0 Å². The fourth-order valence-electron chi connectivity index (χ4n) is 2.89. The van der Waals surface area contributed by atoms with Gasteiger partial charge >= 0.3 is 6.03 Å². The predicted molar refractivity (Wildman–Crippen MR) is 89.4 cm³/mol. The molecule has 2 amide bonds. The molecule has 2 N–H and O–H groups in total. The van der Waals surface area contributed by atoms with E-state index < -0.39 is 0 Å². The number of benzene rings is 1. The molecule has 134 valence electrons. The van der Waals surface area contributed by atoms with Gasteiger partial charge in [0.2, 0.25) is 0 Å². The van der Waals surface area contributed by atoms with E-state index in [1.165, 1.54) is 12.1 Å². The monoisotopic (exact) mass is 347 g/mol. The number of carbonyl (C=O) groups is 1. The van der Waals surface area contributed by atoms with Crippen LogP contribution in [0, 0.1) is 5.82 Å². The summed E-state index contributed by atoms with van der Waals surface area (Å²) in [5, 5.41) is 9.57. The Morgan fingerprint density at radius 2 is 2.20 bits per heavy atom. The topological polar surface area (TPSA) is 76.4 Å². The lowest BCUT2D eigenvalue weighted by molar-refractivity contribution is 0.0807. The van der Waals surface area contributed by atoms with E-state index in [0.29, 0.717) is 12.4 Å². The van der Waals surface area contributed by atoms with Gasteiger partial charge in [0.25, 0.3) is 0 Å². The number of amides is 2. The summed E-state index contributed by atoms with van der Waals surface area (Å²) < 4.78 is 24.0. The van der Waals surface area contributed by atoms with Gasteiger partial charge in [-0.3, -0.25) is 0 Å². The molecule has 0 spiro atoms. The van der Waals surface area contributed by atoms with Crippen LogP contribution in [0.1, 0.15) is 42.8 Å². The molecule has 6 nitrogen and oxygen atoms in total. The first kappa shape index (κ1) is 17.4. The molecule has 1 aromatic heterocycles. The number of aryl methyl sites for hydroxylation is 1. The smallest absolute Gasteiger partial charge is 0.315 e. The Bertz CT molecular complexity index is 696. The summed E-state index contributed by atoms with van der Waals surface area (Å²) >= 11 is 0. The molecular weight excluding hydrogens is 325 g/mol. The first-order chi connectivity index (χ1) is 12.2. The van der Waals surface area contributed by atoms with Crippen LogP contribution in [-0.2, 0) is 17.7 Å². The van der Waals surface area contributed by atoms with Crippen LogP contribution < -0.4 is 10.6 Å². The number of hydrogen-bond acceptors (Lipinski definition) is 4. The molecule has 1 aliphatic rings. The standard InChI is InChI=1S/C18H22FN3O3/c1-2-14-10-15(25-22-14)11-20-18(23)21-17(16-4-3-9-24-16)12-5-7-13(19)8-6-12/h5-8,10,16-17H,2-4,9,11H2,1H3,(H2,20,21,23)/t16-,17+/m1/s1. The predicted octanol–water partition coefficient (Wildman–Crippen LogP) is 3.10. The maximum absolute atomic E-state index is 13.2. The average Bonchev–Trinajstić information content (AvgIpc) is 3.30. The number of urea groups is 1. The van der Waals surface area contributed by atoms with Gasteiger partial charge in [0.15, 0.2) is 5.76 Å². The van der Waals surface area contributed by atoms with Crippen molar-refractivity contribution in [3.8, 4) is 0 Å². The highest BCUT2D eigenvalue weighted by Gasteiger charge is 2.28. The van der Waals surface area contributed by atoms with Gasteiger partial charge in [0, 0.05) is 12.7 Å². The van der Waals surface area contributed by atoms with Gasteiger partial charge in [-0.25, -0.2) is 9.18 Å². The molecule has 0 aliphatic carbocycles. The van der Waals surface area contributed by atoms with E-state index >= 15 is 0 Å². The largest absolute Gasteiger partial charge is 0.376 e. The summed E-state index contributed by atoms with van der Waals surface area (Å²) in [6.45, 7) is 2.90. The van der Waals surface area contributed by atoms with Gasteiger partial charge in [-0.1, -0.05) is 24.2 Å². The zero-order valence-electron chi connectivity index (χ0n) is 14.1. The Morgan fingerprint density at radius 1 is 1.40 bits per heavy atom. The molecule has 2 heterocycles. The molecule has 0 radical (unpaired) electrons. The van der Waals surface area contributed by atoms with Gasteiger partial charge in [0.05, 0.1) is 24.4 Å². The third-order valence-electron chi connectivity index (χ3n) is 4.25. The Kier molecular flexibility index (Phi) is 5.65. The fraction of sp³-hybridized carbons (Fsp3) is 0.444. The van der Waals surface area contributed by atoms with Gasteiger partial charge in [-0.05, 0) is 37.0 Å². The Balaban J connectivity index is 1.62. The molecule has 1 aliphatic heterocycles. The number of ether oxygens (including phenoxy) is 1. The van der Waals surface area contributed by atoms with E-state index in [2.05, 4.69) is 15.8 Å². The summed E-state index contributed by atoms with van der Waals surface area (Å²) in [4.78, 5) is 12.3. The fourth-order valence-corrected chi connectivity index (χ4v) is 2.89. The van der Waals surface area contributed by atoms with E-state index in [1.807, 2.05) is 13.0 Å². The van der Waals surface area contributed by atoms with Crippen molar-refractivity contribution in [1.82, 2.24) is 15.8 Å². The molecule has 0 saturated carbocycles. The molecular formula is C18H22FN3O3. The number of aromatic nitrogens is 1. The van der Waals surface area contributed by atoms with Crippen LogP contribution >= 0.6 is 0 Å². The summed E-state index contributed by atoms with van der Waals surface area (Å²) in [6.07, 6.45) is 2.46. The van der Waals surface area contributed by atoms with Crippen molar-refractivity contribution in [3.63, 3.8) is 0 Å². The third-order valence-corrected chi connectivity index (χ3v) is 4.25. The van der Waals surface area contributed by atoms with Crippen LogP contribution in [0.4, 0.5) is 9.18 Å². The van der Waals surface area contributed by atoms with Gasteiger partial charge in [-0.15, -0.1) is 0 Å². The maximum atomic E-state index is 13.2. The van der Waals surface area contributed by atoms with Crippen molar-refractivity contribution in [2.45, 2.75) is 44.9 Å². The zero-order chi connectivity index (χ0) is 17.6. The van der Waals surface area contributed by atoms with Crippen LogP contribution in [0.25, 0.3) is 0 Å². The number of carbonyl (C=O) groups excluding carboxylic acids is 1. The quantitative estimate of drug-likeness (QED) is 0.842. The van der Waals surface area contributed by atoms with Crippen molar-refractivity contribution in [1.29, 1.82) is 0 Å². The van der Waals surface area contributed by atoms with E-state index in [-0.39, 0.29) is 30.5 Å². The van der Waals surface area contributed by atoms with Crippen LogP contribution in [0.5, 0.6) is 0 Å². The Labute approximate surface area is 145 Å². The minimum atomic E-state index is -0.334. The summed E-state index contributed by atoms with van der Waals surface area (Å²) in [5.41, 5.74) is 1.66. The number of nitrogens with one attached hydrogen (secondary N) is 2. The first-order valence-corrected chi connectivity index (χ1v) is 8.51. The van der Waals surface area contributed by atoms with Gasteiger partial charge < -0.3 is 19.9 Å². The highest BCUT2D eigenvalue weighted by molar-refractivity contribution is 5.74. The molecule has 1 aromatic carbocycles. The molecule has 2 aromatic rings. The van der Waals surface area contributed by atoms with Crippen molar-refractivity contribution >= 4 is 6.03 Å². The Hall–Kier alpha value is -2.41. The van der Waals surface area contributed by atoms with E-state index in [9.17, 15) is 9.18 Å². The van der Waals surface area contributed by atoms with Crippen molar-refractivity contribution in [2.24, 2.45) is 0 Å². The molecule has 2 atom stereocenters. The molecule has 7 heteroatoms. The molecule has 3 rings (SSSR count). The van der Waals surface area contributed by atoms with Crippen molar-refractivity contribution in [2.75, 3.05) is 6.61 Å². The van der Waals surface area contributed by atoms with E-state index in [4.69, 9.17) is 9.26 Å². The van der Waals surface area contributed by atoms with Crippen LogP contribution in [-0.4, -0.2) is 23.9 Å². The normalized spacial score (nSPS) is 18.1. The second kappa shape index (κ2) is 8.11. The minimum Gasteiger partial charge on any atom is -0.376 e. The summed E-state index contributed by atoms with van der Waals surface area (Å²) in [7, 11) is 0. The highest BCUT2D eigenvalue weighted by atomic mass is 19.1. The molecule has 0 bridgehead atoms. The van der Waals surface area contributed by atoms with Crippen molar-refractivity contribution < 1.29 is 18.4 Å². The summed E-state index contributed by atoms with van der Waals surface area (Å²) in [5.74, 6) is 0.291. The van der Waals surface area contributed by atoms with Crippen LogP contribution in [0.3, 0.4) is 0 Å². The highest BCUT2D eigenvalue weighted by Crippen LogP contribution is 2.27. The lowest BCUT2D eigenvalue weighted by atomic mass is 9.99. The third kappa shape index (κ3) is 4.57. The van der Waals surface area contributed by atoms with Gasteiger partial charge in [-0.2, -0.15) is 0 Å². The molecule has 0 unspecified atom stereocenters. The maximum Gasteiger partial charge on any atom is 0.315 e. The minimum absolute atomic E-state index is 0.117. The number of halogens is 1. The SMILES string of the molecule is CCc1cc(CNC(=O)N[C@@H](c2ccc(F)cc2)[C@H]2CCCO2)on1. The lowest BCUT2D eigenvalue weighted by Gasteiger charge is -2.24. The average molecular weight is 347 g/mol. The van der Waals surface area contributed by atoms with Crippen LogP contribution in [0.15, 0.2) is 34.9 Å². The summed E-state index contributed by atoms with van der Waals surface area (Å²) in [6, 6.07) is 7.27. The lowest BCUT2D eigenvalue weighted by Crippen LogP contribution is -2.41. The van der Waals surface area contributed by atoms with E-state index in [1.54, 1.807) is 12.1 Å². The second-order valence-electron chi connectivity index (χ2n) is 6.05. The second-order valence-corrected chi connectivity index (χ2v) is 6.05. The molecule has 1 fully saturated rings. The zero-order valence-corrected chi connectivity index (χ0v) is 14.1. The molecule has 25 heavy (non-hydrogen) atoms.